The Labute approximate surface area is 137 Å². The molecule has 0 unspecified atom stereocenters. The van der Waals surface area contributed by atoms with E-state index in [-0.39, 0.29) is 16.9 Å². The van der Waals surface area contributed by atoms with Crippen molar-refractivity contribution >= 4 is 22.9 Å². The molecule has 0 aliphatic carbocycles. The second kappa shape index (κ2) is 6.04. The number of aromatic carboxylic acids is 1. The molecule has 122 valence electrons. The summed E-state index contributed by atoms with van der Waals surface area (Å²) >= 11 is 0. The minimum Gasteiger partial charge on any atom is -0.497 e. The number of carbonyl (C=O) groups is 2. The second-order valence-corrected chi connectivity index (χ2v) is 5.21. The van der Waals surface area contributed by atoms with Crippen LogP contribution in [0.4, 0.5) is 0 Å². The molecule has 0 fully saturated rings. The summed E-state index contributed by atoms with van der Waals surface area (Å²) in [6, 6.07) is 12.1. The number of primary amides is 1. The van der Waals surface area contributed by atoms with Crippen LogP contribution in [0.25, 0.3) is 11.0 Å². The first-order valence-corrected chi connectivity index (χ1v) is 7.16. The predicted octanol–water partition coefficient (Wildman–Crippen LogP) is 1.89. The molecule has 0 aliphatic rings. The number of ether oxygens (including phenoxy) is 1. The first kappa shape index (κ1) is 15.5. The van der Waals surface area contributed by atoms with E-state index in [0.717, 1.165) is 11.3 Å². The number of rotatable bonds is 5. The molecule has 0 spiro atoms. The quantitative estimate of drug-likeness (QED) is 0.745. The van der Waals surface area contributed by atoms with Crippen LogP contribution in [0.3, 0.4) is 0 Å². The number of aromatic nitrogens is 2. The van der Waals surface area contributed by atoms with Crippen molar-refractivity contribution in [1.82, 2.24) is 9.55 Å². The van der Waals surface area contributed by atoms with Crippen LogP contribution in [0.1, 0.15) is 26.5 Å². The molecule has 0 aliphatic heterocycles. The van der Waals surface area contributed by atoms with Gasteiger partial charge in [0, 0.05) is 6.54 Å². The molecule has 0 saturated carbocycles. The lowest BCUT2D eigenvalue weighted by atomic mass is 10.1. The van der Waals surface area contributed by atoms with Crippen molar-refractivity contribution in [3.8, 4) is 5.75 Å². The second-order valence-electron chi connectivity index (χ2n) is 5.21. The molecule has 0 saturated heterocycles. The zero-order valence-corrected chi connectivity index (χ0v) is 12.9. The van der Waals surface area contributed by atoms with Gasteiger partial charge in [-0.15, -0.1) is 0 Å². The molecular weight excluding hydrogens is 310 g/mol. The van der Waals surface area contributed by atoms with Crippen LogP contribution in [-0.2, 0) is 6.54 Å². The monoisotopic (exact) mass is 325 g/mol. The summed E-state index contributed by atoms with van der Waals surface area (Å²) in [5.74, 6) is -1.08. The highest BCUT2D eigenvalue weighted by atomic mass is 16.5. The maximum atomic E-state index is 11.7. The minimum absolute atomic E-state index is 0.0227. The first-order chi connectivity index (χ1) is 11.5. The number of carboxylic acid groups (broad SMARTS) is 1. The molecule has 0 bridgehead atoms. The van der Waals surface area contributed by atoms with Gasteiger partial charge >= 0.3 is 5.97 Å². The van der Waals surface area contributed by atoms with Crippen LogP contribution in [0, 0.1) is 0 Å². The van der Waals surface area contributed by atoms with Crippen molar-refractivity contribution in [2.45, 2.75) is 6.54 Å². The van der Waals surface area contributed by atoms with Crippen molar-refractivity contribution in [2.24, 2.45) is 5.73 Å². The topological polar surface area (TPSA) is 107 Å². The highest BCUT2D eigenvalue weighted by molar-refractivity contribution is 6.03. The number of carbonyl (C=O) groups excluding carboxylic acids is 1. The molecule has 0 atom stereocenters. The lowest BCUT2D eigenvalue weighted by Gasteiger charge is -2.08. The van der Waals surface area contributed by atoms with Gasteiger partial charge in [0.15, 0.2) is 5.82 Å². The van der Waals surface area contributed by atoms with Gasteiger partial charge in [-0.1, -0.05) is 18.2 Å². The van der Waals surface area contributed by atoms with Crippen molar-refractivity contribution in [3.63, 3.8) is 0 Å². The van der Waals surface area contributed by atoms with E-state index >= 15 is 0 Å². The van der Waals surface area contributed by atoms with E-state index in [2.05, 4.69) is 4.98 Å². The van der Waals surface area contributed by atoms with E-state index in [4.69, 9.17) is 10.5 Å². The summed E-state index contributed by atoms with van der Waals surface area (Å²) in [6.07, 6.45) is 0. The Morgan fingerprint density at radius 1 is 1.21 bits per heavy atom. The summed E-state index contributed by atoms with van der Waals surface area (Å²) in [4.78, 5) is 27.2. The molecule has 1 amide bonds. The molecule has 1 heterocycles. The number of hydrogen-bond donors (Lipinski definition) is 2. The molecule has 1 aromatic heterocycles. The van der Waals surface area contributed by atoms with Crippen LogP contribution in [-0.4, -0.2) is 33.6 Å². The minimum atomic E-state index is -1.11. The molecule has 7 nitrogen and oxygen atoms in total. The lowest BCUT2D eigenvalue weighted by Crippen LogP contribution is -2.18. The van der Waals surface area contributed by atoms with Crippen LogP contribution in [0.2, 0.25) is 0 Å². The number of benzene rings is 2. The van der Waals surface area contributed by atoms with Gasteiger partial charge in [-0.3, -0.25) is 4.79 Å². The standard InChI is InChI=1S/C17H15N3O4/c1-24-11-7-5-10(6-8-11)9-20-13-4-2-3-12(17(22)23)14(13)19-16(20)15(18)21/h2-8H,9H2,1H3,(H2,18,21)(H,22,23). The largest absolute Gasteiger partial charge is 0.497 e. The molecule has 24 heavy (non-hydrogen) atoms. The van der Waals surface area contributed by atoms with E-state index in [1.54, 1.807) is 35.9 Å². The van der Waals surface area contributed by atoms with Crippen LogP contribution in [0.5, 0.6) is 5.75 Å². The predicted molar refractivity (Wildman–Crippen MR) is 87.3 cm³/mol. The number of amides is 1. The zero-order chi connectivity index (χ0) is 17.3. The van der Waals surface area contributed by atoms with Crippen molar-refractivity contribution in [3.05, 3.63) is 59.4 Å². The highest BCUT2D eigenvalue weighted by Crippen LogP contribution is 2.22. The fourth-order valence-corrected chi connectivity index (χ4v) is 2.58. The number of carboxylic acids is 1. The Morgan fingerprint density at radius 2 is 1.92 bits per heavy atom. The van der Waals surface area contributed by atoms with E-state index in [0.29, 0.717) is 12.1 Å². The summed E-state index contributed by atoms with van der Waals surface area (Å²) in [7, 11) is 1.58. The summed E-state index contributed by atoms with van der Waals surface area (Å²) in [5.41, 5.74) is 7.13. The van der Waals surface area contributed by atoms with Gasteiger partial charge in [-0.05, 0) is 29.8 Å². The van der Waals surface area contributed by atoms with E-state index in [9.17, 15) is 14.7 Å². The Hall–Kier alpha value is -3.35. The Balaban J connectivity index is 2.14. The number of imidazole rings is 1. The van der Waals surface area contributed by atoms with Crippen molar-refractivity contribution < 1.29 is 19.4 Å². The number of nitrogens with zero attached hydrogens (tertiary/aromatic N) is 2. The van der Waals surface area contributed by atoms with Gasteiger partial charge in [0.1, 0.15) is 11.3 Å². The van der Waals surface area contributed by atoms with E-state index in [1.807, 2.05) is 12.1 Å². The third-order valence-electron chi connectivity index (χ3n) is 3.73. The first-order valence-electron chi connectivity index (χ1n) is 7.16. The molecule has 2 aromatic carbocycles. The number of hydrogen-bond acceptors (Lipinski definition) is 4. The molecule has 3 aromatic rings. The highest BCUT2D eigenvalue weighted by Gasteiger charge is 2.19. The maximum absolute atomic E-state index is 11.7. The van der Waals surface area contributed by atoms with Crippen LogP contribution < -0.4 is 10.5 Å². The van der Waals surface area contributed by atoms with Crippen LogP contribution in [0.15, 0.2) is 42.5 Å². The summed E-state index contributed by atoms with van der Waals surface area (Å²) in [6.45, 7) is 0.335. The third-order valence-corrected chi connectivity index (χ3v) is 3.73. The molecular formula is C17H15N3O4. The third kappa shape index (κ3) is 2.67. The fraction of sp³-hybridized carbons (Fsp3) is 0.118. The zero-order valence-electron chi connectivity index (χ0n) is 12.9. The van der Waals surface area contributed by atoms with Gasteiger partial charge in [-0.2, -0.15) is 0 Å². The van der Waals surface area contributed by atoms with Gasteiger partial charge < -0.3 is 20.1 Å². The molecule has 7 heteroatoms. The average Bonchev–Trinajstić information content (AvgIpc) is 2.94. The van der Waals surface area contributed by atoms with E-state index in [1.165, 1.54) is 6.07 Å². The van der Waals surface area contributed by atoms with Crippen molar-refractivity contribution in [1.29, 1.82) is 0 Å². The van der Waals surface area contributed by atoms with Crippen LogP contribution >= 0.6 is 0 Å². The molecule has 0 radical (unpaired) electrons. The van der Waals surface area contributed by atoms with Gasteiger partial charge in [0.05, 0.1) is 18.2 Å². The van der Waals surface area contributed by atoms with Gasteiger partial charge in [0.25, 0.3) is 5.91 Å². The SMILES string of the molecule is COc1ccc(Cn2c(C(N)=O)nc3c(C(=O)O)cccc32)cc1. The number of para-hydroxylation sites is 1. The molecule has 3 N–H and O–H groups in total. The average molecular weight is 325 g/mol. The fourth-order valence-electron chi connectivity index (χ4n) is 2.58. The molecule has 3 rings (SSSR count). The number of nitrogens with two attached hydrogens (primary N) is 1. The Morgan fingerprint density at radius 3 is 2.50 bits per heavy atom. The van der Waals surface area contributed by atoms with Crippen molar-refractivity contribution in [2.75, 3.05) is 7.11 Å². The maximum Gasteiger partial charge on any atom is 0.337 e. The lowest BCUT2D eigenvalue weighted by molar-refractivity contribution is 0.0698. The number of methoxy groups -OCH3 is 1. The number of fused-ring (bicyclic) bond motifs is 1. The summed E-state index contributed by atoms with van der Waals surface area (Å²) in [5, 5.41) is 9.29. The Kier molecular flexibility index (Phi) is 3.91. The van der Waals surface area contributed by atoms with E-state index < -0.39 is 11.9 Å². The van der Waals surface area contributed by atoms with Gasteiger partial charge in [0.2, 0.25) is 0 Å². The van der Waals surface area contributed by atoms with Gasteiger partial charge in [-0.25, -0.2) is 9.78 Å². The summed E-state index contributed by atoms with van der Waals surface area (Å²) < 4.78 is 6.74. The Bertz CT molecular complexity index is 929. The normalized spacial score (nSPS) is 10.7. The smallest absolute Gasteiger partial charge is 0.337 e.